The smallest absolute Gasteiger partial charge is 1.00 e. The molecule has 1 saturated heterocycles. The van der Waals surface area contributed by atoms with E-state index < -0.39 is 24.0 Å². The third-order valence-electron chi connectivity index (χ3n) is 4.79. The number of quaternary nitrogens is 1. The first-order valence-corrected chi connectivity index (χ1v) is 9.65. The number of β-amino-alcohol motifs (C(OH)–C–C–N with tert-alkyl or cyclic N) is 1. The predicted octanol–water partition coefficient (Wildman–Crippen LogP) is -10.9. The van der Waals surface area contributed by atoms with E-state index in [1.165, 1.54) is 0 Å². The van der Waals surface area contributed by atoms with E-state index in [2.05, 4.69) is 5.73 Å². The van der Waals surface area contributed by atoms with Crippen molar-refractivity contribution in [3.63, 3.8) is 0 Å². The molecule has 31 heavy (non-hydrogen) atoms. The van der Waals surface area contributed by atoms with Crippen molar-refractivity contribution in [3.05, 3.63) is 0 Å². The zero-order valence-electron chi connectivity index (χ0n) is 17.4. The molecule has 14 heteroatoms. The second kappa shape index (κ2) is 18.2. The van der Waals surface area contributed by atoms with Crippen LogP contribution in [0.4, 0.5) is 0 Å². The maximum atomic E-state index is 11.1. The first-order valence-electron chi connectivity index (χ1n) is 9.65. The topological polar surface area (TPSA) is 181 Å². The number of hydrogen-bond donors (Lipinski definition) is 2. The van der Waals surface area contributed by atoms with Gasteiger partial charge in [0.1, 0.15) is 12.6 Å². The first kappa shape index (κ1) is 33.0. The number of rotatable bonds is 9. The molecule has 0 bridgehead atoms. The van der Waals surface area contributed by atoms with Gasteiger partial charge in [-0.15, -0.1) is 0 Å². The van der Waals surface area contributed by atoms with E-state index in [-0.39, 0.29) is 85.1 Å². The number of carboxylic acids is 3. The number of carbonyl (C=O) groups is 3. The van der Waals surface area contributed by atoms with Crippen LogP contribution in [-0.2, 0) is 14.4 Å². The van der Waals surface area contributed by atoms with E-state index in [9.17, 15) is 34.8 Å². The minimum absolute atomic E-state index is 0. The Balaban J connectivity index is 0. The molecule has 0 amide bonds. The molecule has 0 spiro atoms. The van der Waals surface area contributed by atoms with Crippen LogP contribution in [0.3, 0.4) is 0 Å². The molecular weight excluding hydrogens is 579 g/mol. The van der Waals surface area contributed by atoms with Crippen molar-refractivity contribution in [1.82, 2.24) is 19.6 Å². The molecule has 1 atom stereocenters. The van der Waals surface area contributed by atoms with Crippen LogP contribution in [0.5, 0.6) is 0 Å². The predicted molar refractivity (Wildman–Crippen MR) is 94.5 cm³/mol. The maximum absolute atomic E-state index is 11.1. The number of halogens is 1. The van der Waals surface area contributed by atoms with Crippen molar-refractivity contribution < 1.29 is 92.9 Å². The quantitative estimate of drug-likeness (QED) is 0.253. The minimum atomic E-state index is -1.26. The van der Waals surface area contributed by atoms with Crippen LogP contribution in [-0.4, -0.2) is 134 Å². The summed E-state index contributed by atoms with van der Waals surface area (Å²) in [6, 6.07) is 0. The van der Waals surface area contributed by atoms with Gasteiger partial charge in [0.05, 0.1) is 17.9 Å². The van der Waals surface area contributed by atoms with Gasteiger partial charge in [0.25, 0.3) is 0 Å². The van der Waals surface area contributed by atoms with Gasteiger partial charge in [0.2, 0.25) is 0 Å². The van der Waals surface area contributed by atoms with Crippen LogP contribution < -0.4 is 33.5 Å². The standard InChI is InChI=1S/C17H33N5O7.ClH.Gd/c18-9-14(23)10-19-1-3-20(11-15(24)25)5-7-22(13-17(28)29)8-6-21(4-2-19)12-16(26)27;;/h14,23H,1-13,18H2,(H,24,25)(H,26,27)(H,28,29);1H;/q;;+3/p-3. The number of aliphatic carboxylic acids is 3. The molecule has 1 unspecified atom stereocenters. The third kappa shape index (κ3) is 16.1. The number of carboxylic acid groups (broad SMARTS) is 3. The summed E-state index contributed by atoms with van der Waals surface area (Å²) < 4.78 is 0. The fourth-order valence-corrected chi connectivity index (χ4v) is 3.17. The Bertz CT molecular complexity index is 517. The normalized spacial score (nSPS) is 19.2. The molecule has 0 aliphatic carbocycles. The van der Waals surface area contributed by atoms with Crippen LogP contribution in [0, 0.1) is 39.9 Å². The summed E-state index contributed by atoms with van der Waals surface area (Å²) in [5.74, 6) is -3.72. The zero-order chi connectivity index (χ0) is 21.8. The maximum Gasteiger partial charge on any atom is 3.00 e. The van der Waals surface area contributed by atoms with Gasteiger partial charge in [-0.25, -0.2) is 0 Å². The Kier molecular flexibility index (Phi) is 19.4. The molecule has 0 saturated carbocycles. The molecule has 4 N–H and O–H groups in total. The Morgan fingerprint density at radius 3 is 1.19 bits per heavy atom. The van der Waals surface area contributed by atoms with Crippen molar-refractivity contribution in [2.75, 3.05) is 85.1 Å². The molecular formula is C17H31ClGdN5O7. The van der Waals surface area contributed by atoms with Crippen LogP contribution in [0.15, 0.2) is 0 Å². The number of aliphatic hydroxyl groups is 1. The Morgan fingerprint density at radius 2 is 0.968 bits per heavy atom. The van der Waals surface area contributed by atoms with Gasteiger partial charge in [-0.05, 0) is 0 Å². The van der Waals surface area contributed by atoms with Crippen molar-refractivity contribution in [2.24, 2.45) is 0 Å². The van der Waals surface area contributed by atoms with Gasteiger partial charge in [0, 0.05) is 78.5 Å². The van der Waals surface area contributed by atoms with E-state index in [1.807, 2.05) is 4.90 Å². The molecule has 181 valence electrons. The van der Waals surface area contributed by atoms with E-state index >= 15 is 0 Å². The van der Waals surface area contributed by atoms with Gasteiger partial charge >= 0.3 is 39.9 Å². The minimum Gasteiger partial charge on any atom is -1.00 e. The summed E-state index contributed by atoms with van der Waals surface area (Å²) >= 11 is 0. The number of aliphatic hydroxyl groups excluding tert-OH is 1. The SMILES string of the molecule is [Cl-].[Gd+3].[NH3+]CC(O)CN1CCN(CC(=O)[O-])CCN(CC(=O)[O-])CCN(CC(=O)[O-])CC1. The average molecular weight is 610 g/mol. The summed E-state index contributed by atoms with van der Waals surface area (Å²) in [6.45, 7) is 2.54. The van der Waals surface area contributed by atoms with E-state index in [4.69, 9.17) is 0 Å². The van der Waals surface area contributed by atoms with Crippen molar-refractivity contribution in [2.45, 2.75) is 6.10 Å². The van der Waals surface area contributed by atoms with E-state index in [0.717, 1.165) is 0 Å². The molecule has 1 heterocycles. The van der Waals surface area contributed by atoms with Crippen LogP contribution in [0.2, 0.25) is 0 Å². The molecule has 1 rings (SSSR count). The van der Waals surface area contributed by atoms with E-state index in [0.29, 0.717) is 52.4 Å². The van der Waals surface area contributed by atoms with Gasteiger partial charge in [-0.3, -0.25) is 19.6 Å². The molecule has 0 aromatic heterocycles. The Labute approximate surface area is 220 Å². The fraction of sp³-hybridized carbons (Fsp3) is 0.824. The summed E-state index contributed by atoms with van der Waals surface area (Å²) in [5.41, 5.74) is 3.67. The van der Waals surface area contributed by atoms with Crippen LogP contribution >= 0.6 is 0 Å². The summed E-state index contributed by atoms with van der Waals surface area (Å²) in [4.78, 5) is 39.9. The monoisotopic (exact) mass is 610 g/mol. The third-order valence-corrected chi connectivity index (χ3v) is 4.79. The Hall–Kier alpha value is -0.215. The largest absolute Gasteiger partial charge is 3.00 e. The van der Waals surface area contributed by atoms with Gasteiger partial charge < -0.3 is 53.0 Å². The van der Waals surface area contributed by atoms with Gasteiger partial charge in [0.15, 0.2) is 0 Å². The number of carbonyl (C=O) groups excluding carboxylic acids is 3. The summed E-state index contributed by atoms with van der Waals surface area (Å²) in [7, 11) is 0. The number of hydrogen-bond acceptors (Lipinski definition) is 11. The second-order valence-electron chi connectivity index (χ2n) is 7.19. The van der Waals surface area contributed by atoms with Gasteiger partial charge in [-0.1, -0.05) is 0 Å². The zero-order valence-corrected chi connectivity index (χ0v) is 20.4. The summed E-state index contributed by atoms with van der Waals surface area (Å²) in [5, 5.41) is 43.0. The molecule has 0 aromatic carbocycles. The summed E-state index contributed by atoms with van der Waals surface area (Å²) in [6.07, 6.45) is -0.648. The number of nitrogens with zero attached hydrogens (tertiary/aromatic N) is 4. The van der Waals surface area contributed by atoms with E-state index in [1.54, 1.807) is 14.7 Å². The van der Waals surface area contributed by atoms with Crippen LogP contribution in [0.1, 0.15) is 0 Å². The van der Waals surface area contributed by atoms with Crippen molar-refractivity contribution in [3.8, 4) is 0 Å². The molecule has 0 aromatic rings. The van der Waals surface area contributed by atoms with Crippen LogP contribution in [0.25, 0.3) is 0 Å². The molecule has 1 aliphatic rings. The van der Waals surface area contributed by atoms with Crippen molar-refractivity contribution >= 4 is 17.9 Å². The fourth-order valence-electron chi connectivity index (χ4n) is 3.17. The Morgan fingerprint density at radius 1 is 0.710 bits per heavy atom. The van der Waals surface area contributed by atoms with Gasteiger partial charge in [-0.2, -0.15) is 0 Å². The second-order valence-corrected chi connectivity index (χ2v) is 7.19. The molecule has 1 aliphatic heterocycles. The molecule has 1 radical (unpaired) electrons. The van der Waals surface area contributed by atoms with Crippen molar-refractivity contribution in [1.29, 1.82) is 0 Å². The average Bonchev–Trinajstić information content (AvgIpc) is 2.62. The molecule has 12 nitrogen and oxygen atoms in total. The molecule has 1 fully saturated rings. The first-order chi connectivity index (χ1) is 13.7.